The molecule has 0 amide bonds. The van der Waals surface area contributed by atoms with Crippen molar-refractivity contribution in [2.24, 2.45) is 10.7 Å². The van der Waals surface area contributed by atoms with Gasteiger partial charge in [0.05, 0.1) is 14.2 Å². The molecule has 0 aliphatic carbocycles. The van der Waals surface area contributed by atoms with Gasteiger partial charge in [0.2, 0.25) is 11.8 Å². The lowest BCUT2D eigenvalue weighted by atomic mass is 10.5. The molecule has 1 aromatic rings. The van der Waals surface area contributed by atoms with Crippen LogP contribution in [0, 0.1) is 0 Å². The molecule has 0 bridgehead atoms. The minimum Gasteiger partial charge on any atom is -0.479 e. The van der Waals surface area contributed by atoms with Crippen LogP contribution in [0.3, 0.4) is 0 Å². The smallest absolute Gasteiger partial charge is 0.246 e. The van der Waals surface area contributed by atoms with Gasteiger partial charge in [-0.2, -0.15) is 9.97 Å². The second-order valence-electron chi connectivity index (χ2n) is 2.39. The first kappa shape index (κ1) is 11.6. The van der Waals surface area contributed by atoms with Gasteiger partial charge in [0.15, 0.2) is 10.9 Å². The number of nitrogens with two attached hydrogens (primary N) is 1. The lowest BCUT2D eigenvalue weighted by Gasteiger charge is -2.06. The molecule has 6 nitrogen and oxygen atoms in total. The van der Waals surface area contributed by atoms with E-state index >= 15 is 0 Å². The molecule has 0 spiro atoms. The van der Waals surface area contributed by atoms with Crippen LogP contribution in [0.25, 0.3) is 0 Å². The summed E-state index contributed by atoms with van der Waals surface area (Å²) in [5.74, 6) is 0.665. The Morgan fingerprint density at radius 3 is 2.27 bits per heavy atom. The first-order valence-electron chi connectivity index (χ1n) is 4.04. The number of hydrogen-bond donors (Lipinski definition) is 1. The number of aromatic nitrogens is 2. The molecular formula is C8H12N4O2S. The zero-order valence-electron chi connectivity index (χ0n) is 8.72. The molecule has 1 rings (SSSR count). The highest BCUT2D eigenvalue weighted by Crippen LogP contribution is 2.33. The van der Waals surface area contributed by atoms with Gasteiger partial charge < -0.3 is 15.2 Å². The highest BCUT2D eigenvalue weighted by atomic mass is 32.2. The summed E-state index contributed by atoms with van der Waals surface area (Å²) >= 11 is 1.32. The van der Waals surface area contributed by atoms with Gasteiger partial charge in [-0.25, -0.2) is 4.99 Å². The maximum atomic E-state index is 5.60. The SMILES string of the molecule is COc1ncnc(OC)c1N=C(N)SC. The maximum absolute atomic E-state index is 5.60. The second-order valence-corrected chi connectivity index (χ2v) is 3.22. The van der Waals surface area contributed by atoms with Gasteiger partial charge in [-0.3, -0.25) is 0 Å². The Kier molecular flexibility index (Phi) is 4.17. The van der Waals surface area contributed by atoms with E-state index in [4.69, 9.17) is 15.2 Å². The van der Waals surface area contributed by atoms with Gasteiger partial charge in [0, 0.05) is 0 Å². The summed E-state index contributed by atoms with van der Waals surface area (Å²) in [6.45, 7) is 0. The monoisotopic (exact) mass is 228 g/mol. The van der Waals surface area contributed by atoms with E-state index in [1.165, 1.54) is 32.3 Å². The van der Waals surface area contributed by atoms with Crippen molar-refractivity contribution in [1.29, 1.82) is 0 Å². The third kappa shape index (κ3) is 2.72. The van der Waals surface area contributed by atoms with Crippen molar-refractivity contribution >= 4 is 22.6 Å². The summed E-state index contributed by atoms with van der Waals surface area (Å²) in [7, 11) is 2.99. The van der Waals surface area contributed by atoms with Crippen LogP contribution in [-0.2, 0) is 0 Å². The van der Waals surface area contributed by atoms with E-state index in [1.54, 1.807) is 0 Å². The Morgan fingerprint density at radius 1 is 1.33 bits per heavy atom. The van der Waals surface area contributed by atoms with Crippen LogP contribution in [0.4, 0.5) is 5.69 Å². The molecule has 0 aromatic carbocycles. The van der Waals surface area contributed by atoms with Crippen LogP contribution in [0.15, 0.2) is 11.3 Å². The van der Waals surface area contributed by atoms with Crippen molar-refractivity contribution in [3.05, 3.63) is 6.33 Å². The minimum absolute atomic E-state index is 0.332. The van der Waals surface area contributed by atoms with E-state index in [1.807, 2.05) is 6.26 Å². The summed E-state index contributed by atoms with van der Waals surface area (Å²) in [6.07, 6.45) is 3.16. The van der Waals surface area contributed by atoms with E-state index < -0.39 is 0 Å². The van der Waals surface area contributed by atoms with Gasteiger partial charge in [-0.1, -0.05) is 11.8 Å². The third-order valence-electron chi connectivity index (χ3n) is 1.57. The number of thioether (sulfide) groups is 1. The lowest BCUT2D eigenvalue weighted by molar-refractivity contribution is 0.374. The van der Waals surface area contributed by atoms with Crippen LogP contribution in [-0.4, -0.2) is 35.6 Å². The molecule has 0 saturated heterocycles. The fraction of sp³-hybridized carbons (Fsp3) is 0.375. The van der Waals surface area contributed by atoms with Gasteiger partial charge in [-0.15, -0.1) is 0 Å². The normalized spacial score (nSPS) is 11.3. The van der Waals surface area contributed by atoms with Gasteiger partial charge in [-0.05, 0) is 6.26 Å². The van der Waals surface area contributed by atoms with E-state index in [2.05, 4.69) is 15.0 Å². The van der Waals surface area contributed by atoms with E-state index in [-0.39, 0.29) is 0 Å². The molecule has 0 unspecified atom stereocenters. The quantitative estimate of drug-likeness (QED) is 0.608. The van der Waals surface area contributed by atoms with E-state index in [0.29, 0.717) is 22.6 Å². The third-order valence-corrected chi connectivity index (χ3v) is 2.08. The number of rotatable bonds is 3. The van der Waals surface area contributed by atoms with Crippen molar-refractivity contribution < 1.29 is 9.47 Å². The van der Waals surface area contributed by atoms with Crippen molar-refractivity contribution in [1.82, 2.24) is 9.97 Å². The van der Waals surface area contributed by atoms with Crippen LogP contribution in [0.2, 0.25) is 0 Å². The number of hydrogen-bond acceptors (Lipinski definition) is 6. The molecule has 0 atom stereocenters. The fourth-order valence-corrected chi connectivity index (χ4v) is 1.08. The Balaban J connectivity index is 3.22. The van der Waals surface area contributed by atoms with E-state index in [9.17, 15) is 0 Å². The molecule has 15 heavy (non-hydrogen) atoms. The number of ether oxygens (including phenoxy) is 2. The molecule has 0 radical (unpaired) electrons. The van der Waals surface area contributed by atoms with Gasteiger partial charge in [0.1, 0.15) is 6.33 Å². The molecule has 1 heterocycles. The summed E-state index contributed by atoms with van der Waals surface area (Å²) in [6, 6.07) is 0. The Labute approximate surface area is 91.9 Å². The summed E-state index contributed by atoms with van der Waals surface area (Å²) in [5.41, 5.74) is 6.00. The van der Waals surface area contributed by atoms with Crippen LogP contribution >= 0.6 is 11.8 Å². The van der Waals surface area contributed by atoms with E-state index in [0.717, 1.165) is 0 Å². The largest absolute Gasteiger partial charge is 0.479 e. The van der Waals surface area contributed by atoms with Gasteiger partial charge >= 0.3 is 0 Å². The Hall–Kier alpha value is -1.50. The van der Waals surface area contributed by atoms with Crippen LogP contribution in [0.5, 0.6) is 11.8 Å². The average Bonchev–Trinajstić information content (AvgIpc) is 2.29. The van der Waals surface area contributed by atoms with Crippen molar-refractivity contribution in [2.45, 2.75) is 0 Å². The molecule has 0 saturated carbocycles. The summed E-state index contributed by atoms with van der Waals surface area (Å²) in [4.78, 5) is 11.9. The molecule has 2 N–H and O–H groups in total. The highest BCUT2D eigenvalue weighted by molar-refractivity contribution is 8.13. The molecule has 0 aliphatic rings. The standard InChI is InChI=1S/C8H12N4O2S/c1-13-6-5(12-8(9)15-3)7(14-2)11-4-10-6/h4H,1-3H3,(H2,9,12). The lowest BCUT2D eigenvalue weighted by Crippen LogP contribution is -2.05. The van der Waals surface area contributed by atoms with Crippen molar-refractivity contribution in [2.75, 3.05) is 20.5 Å². The van der Waals surface area contributed by atoms with Crippen molar-refractivity contribution in [3.63, 3.8) is 0 Å². The Bertz CT molecular complexity index is 347. The zero-order valence-corrected chi connectivity index (χ0v) is 9.54. The molecule has 1 aromatic heterocycles. The van der Waals surface area contributed by atoms with Crippen LogP contribution in [0.1, 0.15) is 0 Å². The predicted molar refractivity (Wildman–Crippen MR) is 59.9 cm³/mol. The molecular weight excluding hydrogens is 216 g/mol. The fourth-order valence-electron chi connectivity index (χ4n) is 0.898. The zero-order chi connectivity index (χ0) is 11.3. The minimum atomic E-state index is 0.332. The highest BCUT2D eigenvalue weighted by Gasteiger charge is 2.12. The first-order chi connectivity index (χ1) is 7.22. The molecule has 0 fully saturated rings. The van der Waals surface area contributed by atoms with Crippen molar-refractivity contribution in [3.8, 4) is 11.8 Å². The molecule has 0 aliphatic heterocycles. The number of aliphatic imine (C=N–C) groups is 1. The average molecular weight is 228 g/mol. The van der Waals surface area contributed by atoms with Crippen LogP contribution < -0.4 is 15.2 Å². The maximum Gasteiger partial charge on any atom is 0.246 e. The number of methoxy groups -OCH3 is 2. The second kappa shape index (κ2) is 5.40. The number of nitrogens with zero attached hydrogens (tertiary/aromatic N) is 3. The predicted octanol–water partition coefficient (Wildman–Crippen LogP) is 0.803. The first-order valence-corrected chi connectivity index (χ1v) is 5.26. The molecule has 7 heteroatoms. The topological polar surface area (TPSA) is 82.6 Å². The van der Waals surface area contributed by atoms with Gasteiger partial charge in [0.25, 0.3) is 0 Å². The summed E-state index contributed by atoms with van der Waals surface area (Å²) in [5, 5.41) is 0.390. The molecule has 82 valence electrons. The Morgan fingerprint density at radius 2 is 1.87 bits per heavy atom. The number of amidine groups is 1. The summed E-state index contributed by atoms with van der Waals surface area (Å²) < 4.78 is 10.1.